The molecule has 1 aromatic carbocycles. The lowest BCUT2D eigenvalue weighted by Gasteiger charge is -2.08. The second-order valence-electron chi connectivity index (χ2n) is 3.76. The Labute approximate surface area is 103 Å². The maximum absolute atomic E-state index is 13.1. The molecule has 86 valence electrons. The van der Waals surface area contributed by atoms with Crippen LogP contribution >= 0.6 is 15.9 Å². The topological polar surface area (TPSA) is 20.3 Å². The number of carbonyl (C=O) groups excluding carboxylic acids is 1. The van der Waals surface area contributed by atoms with Crippen molar-refractivity contribution in [3.05, 3.63) is 45.8 Å². The highest BCUT2D eigenvalue weighted by Gasteiger charge is 2.10. The Hall–Kier alpha value is -1.16. The normalized spacial score (nSPS) is 11.4. The van der Waals surface area contributed by atoms with Gasteiger partial charge in [0.1, 0.15) is 5.82 Å². The van der Waals surface area contributed by atoms with Crippen molar-refractivity contribution in [3.8, 4) is 0 Å². The molecule has 0 saturated carbocycles. The summed E-state index contributed by atoms with van der Waals surface area (Å²) < 4.78 is 13.7. The summed E-state index contributed by atoms with van der Waals surface area (Å²) in [5, 5.41) is 0. The summed E-state index contributed by atoms with van der Waals surface area (Å²) in [6.07, 6.45) is 1.71. The van der Waals surface area contributed by atoms with Gasteiger partial charge in [-0.05, 0) is 25.1 Å². The Kier molecular flexibility index (Phi) is 4.24. The van der Waals surface area contributed by atoms with Gasteiger partial charge in [-0.1, -0.05) is 15.9 Å². The molecule has 0 aliphatic carbocycles. The van der Waals surface area contributed by atoms with Gasteiger partial charge < -0.3 is 4.90 Å². The van der Waals surface area contributed by atoms with E-state index < -0.39 is 5.82 Å². The summed E-state index contributed by atoms with van der Waals surface area (Å²) in [5.74, 6) is -0.593. The Balaban J connectivity index is 3.05. The van der Waals surface area contributed by atoms with Crippen molar-refractivity contribution in [3.63, 3.8) is 0 Å². The van der Waals surface area contributed by atoms with E-state index in [4.69, 9.17) is 0 Å². The number of carbonyl (C=O) groups is 1. The van der Waals surface area contributed by atoms with Gasteiger partial charge >= 0.3 is 0 Å². The van der Waals surface area contributed by atoms with Crippen LogP contribution in [0, 0.1) is 5.82 Å². The molecule has 0 radical (unpaired) electrons. The molecule has 0 heterocycles. The molecule has 0 aliphatic rings. The lowest BCUT2D eigenvalue weighted by Crippen LogP contribution is -2.08. The second kappa shape index (κ2) is 5.25. The number of benzene rings is 1. The minimum absolute atomic E-state index is 0.172. The molecule has 0 fully saturated rings. The fourth-order valence-electron chi connectivity index (χ4n) is 1.36. The fraction of sp³-hybridized carbons (Fsp3) is 0.250. The van der Waals surface area contributed by atoms with Crippen molar-refractivity contribution < 1.29 is 9.18 Å². The number of hydrogen-bond acceptors (Lipinski definition) is 2. The summed E-state index contributed by atoms with van der Waals surface area (Å²) in [5.41, 5.74) is 0.921. The third-order valence-corrected chi connectivity index (χ3v) is 2.39. The van der Waals surface area contributed by atoms with Gasteiger partial charge in [0, 0.05) is 35.9 Å². The molecule has 0 bridgehead atoms. The summed E-state index contributed by atoms with van der Waals surface area (Å²) in [6, 6.07) is 4.17. The molecule has 0 N–H and O–H groups in total. The molecule has 0 amide bonds. The first kappa shape index (κ1) is 12.9. The number of allylic oxidation sites excluding steroid dienone is 1. The summed E-state index contributed by atoms with van der Waals surface area (Å²) in [4.78, 5) is 13.7. The number of halogens is 2. The molecule has 2 nitrogen and oxygen atoms in total. The largest absolute Gasteiger partial charge is 0.383 e. The van der Waals surface area contributed by atoms with Gasteiger partial charge in [0.25, 0.3) is 0 Å². The standard InChI is InChI=1S/C12H13BrFNO/c1-8(7-15(2)3)12(16)9-4-10(13)6-11(14)5-9/h4-7H,1-3H3. The molecule has 0 atom stereocenters. The summed E-state index contributed by atoms with van der Waals surface area (Å²) >= 11 is 3.16. The molecule has 0 aliphatic heterocycles. The first-order valence-electron chi connectivity index (χ1n) is 4.76. The van der Waals surface area contributed by atoms with E-state index in [9.17, 15) is 9.18 Å². The molecule has 16 heavy (non-hydrogen) atoms. The van der Waals surface area contributed by atoms with Gasteiger partial charge in [0.05, 0.1) is 0 Å². The first-order chi connectivity index (χ1) is 7.40. The van der Waals surface area contributed by atoms with Crippen molar-refractivity contribution in [1.82, 2.24) is 4.90 Å². The third-order valence-electron chi connectivity index (χ3n) is 1.93. The minimum Gasteiger partial charge on any atom is -0.383 e. The van der Waals surface area contributed by atoms with E-state index >= 15 is 0 Å². The molecular formula is C12H13BrFNO. The number of hydrogen-bond donors (Lipinski definition) is 0. The van der Waals surface area contributed by atoms with E-state index in [2.05, 4.69) is 15.9 Å². The lowest BCUT2D eigenvalue weighted by atomic mass is 10.1. The van der Waals surface area contributed by atoms with Gasteiger partial charge in [0.15, 0.2) is 5.78 Å². The number of Topliss-reactive ketones (excluding diaryl/α,β-unsaturated/α-hetero) is 1. The molecule has 4 heteroatoms. The highest BCUT2D eigenvalue weighted by atomic mass is 79.9. The number of ketones is 1. The van der Waals surface area contributed by atoms with Crippen LogP contribution in [0.5, 0.6) is 0 Å². The molecule has 0 unspecified atom stereocenters. The minimum atomic E-state index is -0.421. The van der Waals surface area contributed by atoms with Gasteiger partial charge in [0.2, 0.25) is 0 Å². The smallest absolute Gasteiger partial charge is 0.190 e. The average Bonchev–Trinajstić information content (AvgIpc) is 2.13. The Morgan fingerprint density at radius 3 is 2.50 bits per heavy atom. The van der Waals surface area contributed by atoms with E-state index in [0.29, 0.717) is 15.6 Å². The zero-order valence-electron chi connectivity index (χ0n) is 9.42. The maximum atomic E-state index is 13.1. The molecule has 0 aromatic heterocycles. The highest BCUT2D eigenvalue weighted by Crippen LogP contribution is 2.17. The zero-order chi connectivity index (χ0) is 12.3. The van der Waals surface area contributed by atoms with Crippen LogP contribution < -0.4 is 0 Å². The average molecular weight is 286 g/mol. The van der Waals surface area contributed by atoms with Crippen LogP contribution in [0.15, 0.2) is 34.4 Å². The zero-order valence-corrected chi connectivity index (χ0v) is 11.0. The van der Waals surface area contributed by atoms with Crippen LogP contribution in [0.25, 0.3) is 0 Å². The SMILES string of the molecule is CC(=CN(C)C)C(=O)c1cc(F)cc(Br)c1. The van der Waals surface area contributed by atoms with Crippen LogP contribution in [0.4, 0.5) is 4.39 Å². The highest BCUT2D eigenvalue weighted by molar-refractivity contribution is 9.10. The number of nitrogens with zero attached hydrogens (tertiary/aromatic N) is 1. The number of rotatable bonds is 3. The Morgan fingerprint density at radius 1 is 1.38 bits per heavy atom. The van der Waals surface area contributed by atoms with E-state index in [1.165, 1.54) is 12.1 Å². The molecule has 0 saturated heterocycles. The van der Waals surface area contributed by atoms with Crippen molar-refractivity contribution in [2.75, 3.05) is 14.1 Å². The maximum Gasteiger partial charge on any atom is 0.190 e. The predicted molar refractivity (Wildman–Crippen MR) is 65.9 cm³/mol. The fourth-order valence-corrected chi connectivity index (χ4v) is 1.82. The second-order valence-corrected chi connectivity index (χ2v) is 4.68. The van der Waals surface area contributed by atoms with Gasteiger partial charge in [-0.2, -0.15) is 0 Å². The van der Waals surface area contributed by atoms with E-state index in [1.807, 2.05) is 14.1 Å². The van der Waals surface area contributed by atoms with Gasteiger partial charge in [-0.25, -0.2) is 4.39 Å². The van der Waals surface area contributed by atoms with Crippen LogP contribution in [0.1, 0.15) is 17.3 Å². The predicted octanol–water partition coefficient (Wildman–Crippen LogP) is 3.24. The van der Waals surface area contributed by atoms with Crippen molar-refractivity contribution in [2.24, 2.45) is 0 Å². The lowest BCUT2D eigenvalue weighted by molar-refractivity contribution is 0.103. The molecule has 0 spiro atoms. The van der Waals surface area contributed by atoms with Gasteiger partial charge in [-0.3, -0.25) is 4.79 Å². The van der Waals surface area contributed by atoms with E-state index in [0.717, 1.165) is 0 Å². The molecule has 1 rings (SSSR count). The Bertz CT molecular complexity index is 420. The van der Waals surface area contributed by atoms with Crippen LogP contribution in [-0.4, -0.2) is 24.8 Å². The van der Waals surface area contributed by atoms with Crippen LogP contribution in [0.3, 0.4) is 0 Å². The Morgan fingerprint density at radius 2 is 2.00 bits per heavy atom. The van der Waals surface area contributed by atoms with E-state index in [-0.39, 0.29) is 5.78 Å². The van der Waals surface area contributed by atoms with E-state index in [1.54, 1.807) is 24.1 Å². The molecule has 1 aromatic rings. The first-order valence-corrected chi connectivity index (χ1v) is 5.55. The monoisotopic (exact) mass is 285 g/mol. The summed E-state index contributed by atoms with van der Waals surface area (Å²) in [6.45, 7) is 1.71. The van der Waals surface area contributed by atoms with Gasteiger partial charge in [-0.15, -0.1) is 0 Å². The van der Waals surface area contributed by atoms with Crippen LogP contribution in [0.2, 0.25) is 0 Å². The molecular weight excluding hydrogens is 273 g/mol. The van der Waals surface area contributed by atoms with Crippen molar-refractivity contribution >= 4 is 21.7 Å². The quantitative estimate of drug-likeness (QED) is 0.628. The van der Waals surface area contributed by atoms with Crippen molar-refractivity contribution in [2.45, 2.75) is 6.92 Å². The van der Waals surface area contributed by atoms with Crippen molar-refractivity contribution in [1.29, 1.82) is 0 Å². The van der Waals surface area contributed by atoms with Crippen LogP contribution in [-0.2, 0) is 0 Å². The summed E-state index contributed by atoms with van der Waals surface area (Å²) in [7, 11) is 3.66. The third kappa shape index (κ3) is 3.45.